The van der Waals surface area contributed by atoms with Gasteiger partial charge in [0.2, 0.25) is 11.8 Å². The molecular weight excluding hydrogens is 252 g/mol. The maximum atomic E-state index is 6.11. The average molecular weight is 272 g/mol. The van der Waals surface area contributed by atoms with Crippen molar-refractivity contribution in [3.63, 3.8) is 0 Å². The van der Waals surface area contributed by atoms with Crippen molar-refractivity contribution in [2.75, 3.05) is 18.5 Å². The Morgan fingerprint density at radius 1 is 1.25 bits per heavy atom. The summed E-state index contributed by atoms with van der Waals surface area (Å²) in [7, 11) is 0. The normalized spacial score (nSPS) is 11.9. The van der Waals surface area contributed by atoms with Gasteiger partial charge in [0, 0.05) is 24.8 Å². The molecule has 0 bridgehead atoms. The molecule has 1 aromatic heterocycles. The Kier molecular flexibility index (Phi) is 5.32. The second kappa shape index (κ2) is 7.45. The molecule has 5 heteroatoms. The Balaban J connectivity index is 1.90. The van der Waals surface area contributed by atoms with Crippen LogP contribution in [0.4, 0.5) is 5.95 Å². The lowest BCUT2D eigenvalue weighted by molar-refractivity contribution is 0.305. The highest BCUT2D eigenvalue weighted by atomic mass is 16.5. The standard InChI is InChI=1S/C15H20N4O/c1-2-10-20-14-8-9-17-15(19-14)18-11-13(16)12-6-4-3-5-7-12/h3-9,13H,2,10-11,16H2,1H3,(H,17,18,19). The van der Waals surface area contributed by atoms with E-state index in [4.69, 9.17) is 10.5 Å². The SMILES string of the molecule is CCCOc1ccnc(NCC(N)c2ccccc2)n1. The molecule has 20 heavy (non-hydrogen) atoms. The van der Waals surface area contributed by atoms with Gasteiger partial charge < -0.3 is 15.8 Å². The number of benzene rings is 1. The van der Waals surface area contributed by atoms with Crippen LogP contribution in [0.1, 0.15) is 24.9 Å². The lowest BCUT2D eigenvalue weighted by Crippen LogP contribution is -2.21. The fourth-order valence-electron chi connectivity index (χ4n) is 1.73. The third kappa shape index (κ3) is 4.20. The van der Waals surface area contributed by atoms with E-state index in [1.54, 1.807) is 12.3 Å². The van der Waals surface area contributed by atoms with Gasteiger partial charge >= 0.3 is 0 Å². The van der Waals surface area contributed by atoms with Crippen LogP contribution in [0.15, 0.2) is 42.6 Å². The fraction of sp³-hybridized carbons (Fsp3) is 0.333. The van der Waals surface area contributed by atoms with E-state index in [0.29, 0.717) is 25.0 Å². The van der Waals surface area contributed by atoms with E-state index in [2.05, 4.69) is 22.2 Å². The van der Waals surface area contributed by atoms with E-state index >= 15 is 0 Å². The summed E-state index contributed by atoms with van der Waals surface area (Å²) in [6.07, 6.45) is 2.63. The molecule has 1 unspecified atom stereocenters. The predicted molar refractivity (Wildman–Crippen MR) is 79.7 cm³/mol. The van der Waals surface area contributed by atoms with Crippen LogP contribution in [0.2, 0.25) is 0 Å². The summed E-state index contributed by atoms with van der Waals surface area (Å²) in [5, 5.41) is 3.13. The number of hydrogen-bond acceptors (Lipinski definition) is 5. The first-order valence-electron chi connectivity index (χ1n) is 6.80. The lowest BCUT2D eigenvalue weighted by atomic mass is 10.1. The predicted octanol–water partition coefficient (Wildman–Crippen LogP) is 2.38. The quantitative estimate of drug-likeness (QED) is 0.809. The Morgan fingerprint density at radius 2 is 2.05 bits per heavy atom. The van der Waals surface area contributed by atoms with E-state index in [9.17, 15) is 0 Å². The molecule has 0 amide bonds. The molecule has 5 nitrogen and oxygen atoms in total. The van der Waals surface area contributed by atoms with Crippen LogP contribution in [0.25, 0.3) is 0 Å². The molecule has 1 aromatic carbocycles. The first-order chi connectivity index (χ1) is 9.79. The third-order valence-corrected chi connectivity index (χ3v) is 2.79. The van der Waals surface area contributed by atoms with Crippen LogP contribution in [-0.4, -0.2) is 23.1 Å². The smallest absolute Gasteiger partial charge is 0.226 e. The molecule has 0 fully saturated rings. The van der Waals surface area contributed by atoms with Gasteiger partial charge in [-0.05, 0) is 12.0 Å². The molecule has 0 saturated heterocycles. The Morgan fingerprint density at radius 3 is 2.80 bits per heavy atom. The first kappa shape index (κ1) is 14.3. The summed E-state index contributed by atoms with van der Waals surface area (Å²) in [6, 6.07) is 11.6. The van der Waals surface area contributed by atoms with Gasteiger partial charge in [0.1, 0.15) is 0 Å². The fourth-order valence-corrected chi connectivity index (χ4v) is 1.73. The Hall–Kier alpha value is -2.14. The molecule has 2 aromatic rings. The van der Waals surface area contributed by atoms with Crippen LogP contribution in [0.3, 0.4) is 0 Å². The maximum absolute atomic E-state index is 6.11. The molecule has 2 rings (SSSR count). The van der Waals surface area contributed by atoms with E-state index < -0.39 is 0 Å². The molecule has 0 radical (unpaired) electrons. The lowest BCUT2D eigenvalue weighted by Gasteiger charge is -2.13. The number of ether oxygens (including phenoxy) is 1. The van der Waals surface area contributed by atoms with Crippen LogP contribution in [-0.2, 0) is 0 Å². The molecule has 0 aliphatic carbocycles. The van der Waals surface area contributed by atoms with Crippen LogP contribution in [0.5, 0.6) is 5.88 Å². The number of nitrogens with zero attached hydrogens (tertiary/aromatic N) is 2. The molecule has 0 saturated carbocycles. The summed E-state index contributed by atoms with van der Waals surface area (Å²) in [4.78, 5) is 8.43. The molecular formula is C15H20N4O. The van der Waals surface area contributed by atoms with Crippen molar-refractivity contribution in [3.8, 4) is 5.88 Å². The third-order valence-electron chi connectivity index (χ3n) is 2.79. The summed E-state index contributed by atoms with van der Waals surface area (Å²) in [5.74, 6) is 1.11. The maximum Gasteiger partial charge on any atom is 0.226 e. The Labute approximate surface area is 119 Å². The first-order valence-corrected chi connectivity index (χ1v) is 6.80. The minimum Gasteiger partial charge on any atom is -0.478 e. The Bertz CT molecular complexity index is 518. The van der Waals surface area contributed by atoms with Gasteiger partial charge in [-0.15, -0.1) is 0 Å². The minimum atomic E-state index is -0.0972. The molecule has 0 spiro atoms. The van der Waals surface area contributed by atoms with Crippen molar-refractivity contribution in [1.29, 1.82) is 0 Å². The van der Waals surface area contributed by atoms with Crippen molar-refractivity contribution < 1.29 is 4.74 Å². The molecule has 106 valence electrons. The average Bonchev–Trinajstić information content (AvgIpc) is 2.52. The molecule has 0 aliphatic rings. The van der Waals surface area contributed by atoms with E-state index in [1.165, 1.54) is 0 Å². The highest BCUT2D eigenvalue weighted by Gasteiger charge is 2.06. The molecule has 0 aliphatic heterocycles. The highest BCUT2D eigenvalue weighted by Crippen LogP contribution is 2.12. The zero-order valence-corrected chi connectivity index (χ0v) is 11.6. The van der Waals surface area contributed by atoms with Gasteiger partial charge in [-0.3, -0.25) is 0 Å². The van der Waals surface area contributed by atoms with Gasteiger partial charge in [-0.25, -0.2) is 4.98 Å². The zero-order chi connectivity index (χ0) is 14.2. The summed E-state index contributed by atoms with van der Waals surface area (Å²) >= 11 is 0. The summed E-state index contributed by atoms with van der Waals surface area (Å²) in [5.41, 5.74) is 7.19. The minimum absolute atomic E-state index is 0.0972. The second-order valence-corrected chi connectivity index (χ2v) is 4.47. The van der Waals surface area contributed by atoms with Gasteiger partial charge in [-0.2, -0.15) is 4.98 Å². The van der Waals surface area contributed by atoms with Crippen molar-refractivity contribution in [1.82, 2.24) is 9.97 Å². The van der Waals surface area contributed by atoms with Crippen LogP contribution in [0, 0.1) is 0 Å². The van der Waals surface area contributed by atoms with Crippen molar-refractivity contribution in [2.24, 2.45) is 5.73 Å². The van der Waals surface area contributed by atoms with Gasteiger partial charge in [0.25, 0.3) is 0 Å². The van der Waals surface area contributed by atoms with Gasteiger partial charge in [0.15, 0.2) is 0 Å². The summed E-state index contributed by atoms with van der Waals surface area (Å²) < 4.78 is 5.46. The largest absolute Gasteiger partial charge is 0.478 e. The van der Waals surface area contributed by atoms with Crippen LogP contribution >= 0.6 is 0 Å². The summed E-state index contributed by atoms with van der Waals surface area (Å²) in [6.45, 7) is 3.28. The van der Waals surface area contributed by atoms with Crippen molar-refractivity contribution in [3.05, 3.63) is 48.2 Å². The monoisotopic (exact) mass is 272 g/mol. The van der Waals surface area contributed by atoms with Crippen molar-refractivity contribution >= 4 is 5.95 Å². The van der Waals surface area contributed by atoms with E-state index in [0.717, 1.165) is 12.0 Å². The number of rotatable bonds is 7. The molecule has 1 atom stereocenters. The molecule has 3 N–H and O–H groups in total. The highest BCUT2D eigenvalue weighted by molar-refractivity contribution is 5.29. The van der Waals surface area contributed by atoms with Gasteiger partial charge in [0.05, 0.1) is 6.61 Å². The number of hydrogen-bond donors (Lipinski definition) is 2. The number of nitrogens with two attached hydrogens (primary N) is 1. The van der Waals surface area contributed by atoms with E-state index in [-0.39, 0.29) is 6.04 Å². The molecule has 1 heterocycles. The van der Waals surface area contributed by atoms with Crippen molar-refractivity contribution in [2.45, 2.75) is 19.4 Å². The van der Waals surface area contributed by atoms with E-state index in [1.807, 2.05) is 30.3 Å². The number of aromatic nitrogens is 2. The number of nitrogens with one attached hydrogen (secondary N) is 1. The topological polar surface area (TPSA) is 73.1 Å². The number of anilines is 1. The zero-order valence-electron chi connectivity index (χ0n) is 11.6. The van der Waals surface area contributed by atoms with Gasteiger partial charge in [-0.1, -0.05) is 37.3 Å². The van der Waals surface area contributed by atoms with Crippen LogP contribution < -0.4 is 15.8 Å². The second-order valence-electron chi connectivity index (χ2n) is 4.47.